The van der Waals surface area contributed by atoms with Crippen LogP contribution in [0, 0.1) is 0 Å². The minimum atomic E-state index is -0.571. The zero-order chi connectivity index (χ0) is 20.4. The number of nitrogens with one attached hydrogen (secondary N) is 1. The first-order chi connectivity index (χ1) is 14.1. The van der Waals surface area contributed by atoms with E-state index in [2.05, 4.69) is 15.4 Å². The number of fused-ring (bicyclic) bond motifs is 1. The van der Waals surface area contributed by atoms with Crippen molar-refractivity contribution in [2.24, 2.45) is 0 Å². The number of ether oxygens (including phenoxy) is 1. The summed E-state index contributed by atoms with van der Waals surface area (Å²) in [5.41, 5.74) is 1.79. The van der Waals surface area contributed by atoms with E-state index in [4.69, 9.17) is 4.74 Å². The lowest BCUT2D eigenvalue weighted by molar-refractivity contribution is 0.101. The van der Waals surface area contributed by atoms with Crippen molar-refractivity contribution in [3.05, 3.63) is 69.8 Å². The van der Waals surface area contributed by atoms with Crippen LogP contribution < -0.4 is 15.5 Å². The number of hydrogen-bond acceptors (Lipinski definition) is 6. The van der Waals surface area contributed by atoms with Gasteiger partial charge < -0.3 is 4.74 Å². The van der Waals surface area contributed by atoms with Crippen molar-refractivity contribution in [1.82, 2.24) is 14.8 Å². The Morgan fingerprint density at radius 1 is 1.17 bits per heavy atom. The molecule has 0 atom stereocenters. The van der Waals surface area contributed by atoms with Crippen LogP contribution in [0.25, 0.3) is 22.2 Å². The number of amides is 1. The lowest BCUT2D eigenvalue weighted by atomic mass is 10.2. The van der Waals surface area contributed by atoms with E-state index in [1.54, 1.807) is 23.9 Å². The third-order valence-corrected chi connectivity index (χ3v) is 5.25. The second-order valence-corrected chi connectivity index (χ2v) is 7.09. The van der Waals surface area contributed by atoms with Crippen LogP contribution in [-0.2, 0) is 6.54 Å². The van der Waals surface area contributed by atoms with Crippen LogP contribution >= 0.6 is 11.3 Å². The first-order valence-electron chi connectivity index (χ1n) is 9.02. The molecule has 0 fully saturated rings. The Hall–Kier alpha value is -3.52. The number of carbonyl (C=O) groups is 1. The largest absolute Gasteiger partial charge is 0.497 e. The molecule has 0 unspecified atom stereocenters. The van der Waals surface area contributed by atoms with E-state index < -0.39 is 11.3 Å². The fraction of sp³-hybridized carbons (Fsp3) is 0.143. The molecule has 2 heterocycles. The fourth-order valence-corrected chi connectivity index (χ4v) is 3.72. The minimum Gasteiger partial charge on any atom is -0.497 e. The monoisotopic (exact) mass is 406 g/mol. The summed E-state index contributed by atoms with van der Waals surface area (Å²) in [6.45, 7) is 2.45. The summed E-state index contributed by atoms with van der Waals surface area (Å²) in [7, 11) is 1.61. The van der Waals surface area contributed by atoms with E-state index in [1.807, 2.05) is 48.7 Å². The third-order valence-electron chi connectivity index (χ3n) is 4.49. The number of anilines is 1. The number of carbonyl (C=O) groups excluding carboxylic acids is 1. The number of benzene rings is 2. The van der Waals surface area contributed by atoms with Gasteiger partial charge in [-0.3, -0.25) is 19.6 Å². The number of nitrogens with zero attached hydrogens (tertiary/aromatic N) is 3. The van der Waals surface area contributed by atoms with Gasteiger partial charge in [0.1, 0.15) is 5.75 Å². The molecule has 4 rings (SSSR count). The van der Waals surface area contributed by atoms with Crippen molar-refractivity contribution in [2.45, 2.75) is 13.5 Å². The fourth-order valence-electron chi connectivity index (χ4n) is 3.01. The van der Waals surface area contributed by atoms with Gasteiger partial charge >= 0.3 is 0 Å². The van der Waals surface area contributed by atoms with E-state index in [9.17, 15) is 9.59 Å². The van der Waals surface area contributed by atoms with Gasteiger partial charge in [0.25, 0.3) is 5.91 Å². The summed E-state index contributed by atoms with van der Waals surface area (Å²) in [6, 6.07) is 14.6. The van der Waals surface area contributed by atoms with E-state index in [0.717, 1.165) is 17.0 Å². The summed E-state index contributed by atoms with van der Waals surface area (Å²) in [5, 5.41) is 9.66. The van der Waals surface area contributed by atoms with Gasteiger partial charge in [0, 0.05) is 22.9 Å². The molecule has 2 aromatic carbocycles. The summed E-state index contributed by atoms with van der Waals surface area (Å²) < 4.78 is 6.81. The predicted molar refractivity (Wildman–Crippen MR) is 114 cm³/mol. The molecule has 1 N–H and O–H groups in total. The number of rotatable bonds is 5. The molecule has 7 nitrogen and oxygen atoms in total. The lowest BCUT2D eigenvalue weighted by Crippen LogP contribution is -2.27. The molecule has 0 saturated carbocycles. The van der Waals surface area contributed by atoms with Gasteiger partial charge in [-0.1, -0.05) is 12.1 Å². The number of methoxy groups -OCH3 is 1. The van der Waals surface area contributed by atoms with Crippen molar-refractivity contribution in [1.29, 1.82) is 0 Å². The second kappa shape index (κ2) is 7.84. The van der Waals surface area contributed by atoms with Gasteiger partial charge in [0.05, 0.1) is 18.3 Å². The minimum absolute atomic E-state index is 0.147. The highest BCUT2D eigenvalue weighted by Gasteiger charge is 2.18. The Labute approximate surface area is 170 Å². The highest BCUT2D eigenvalue weighted by atomic mass is 32.1. The highest BCUT2D eigenvalue weighted by molar-refractivity contribution is 7.14. The van der Waals surface area contributed by atoms with Gasteiger partial charge in [0.2, 0.25) is 5.43 Å². The molecule has 29 heavy (non-hydrogen) atoms. The Kier molecular flexibility index (Phi) is 5.09. The van der Waals surface area contributed by atoms with Gasteiger partial charge in [-0.25, -0.2) is 4.98 Å². The van der Waals surface area contributed by atoms with Crippen LogP contribution in [0.3, 0.4) is 0 Å². The standard InChI is InChI=1S/C21H18N4O3S/c1-3-25-17-7-5-4-6-15(17)19(26)18(24-25)20(27)23-21-22-16(12-29-21)13-8-10-14(28-2)11-9-13/h4-12H,3H2,1-2H3,(H,22,23,27). The van der Waals surface area contributed by atoms with Crippen LogP contribution in [0.15, 0.2) is 58.7 Å². The Morgan fingerprint density at radius 3 is 2.66 bits per heavy atom. The molecule has 0 spiro atoms. The SMILES string of the molecule is CCn1nc(C(=O)Nc2nc(-c3ccc(OC)cc3)cs2)c(=O)c2ccccc21. The maximum atomic E-state index is 12.7. The van der Waals surface area contributed by atoms with Crippen molar-refractivity contribution in [3.8, 4) is 17.0 Å². The maximum absolute atomic E-state index is 12.7. The second-order valence-electron chi connectivity index (χ2n) is 6.23. The zero-order valence-corrected chi connectivity index (χ0v) is 16.7. The predicted octanol–water partition coefficient (Wildman–Crippen LogP) is 3.80. The van der Waals surface area contributed by atoms with Crippen molar-refractivity contribution in [3.63, 3.8) is 0 Å². The van der Waals surface area contributed by atoms with Gasteiger partial charge in [-0.2, -0.15) is 5.10 Å². The Bertz CT molecular complexity index is 1250. The van der Waals surface area contributed by atoms with E-state index >= 15 is 0 Å². The third kappa shape index (κ3) is 3.62. The van der Waals surface area contributed by atoms with Crippen molar-refractivity contribution >= 4 is 33.3 Å². The summed E-state index contributed by atoms with van der Waals surface area (Å²) in [6.07, 6.45) is 0. The van der Waals surface area contributed by atoms with Crippen LogP contribution in [0.2, 0.25) is 0 Å². The Balaban J connectivity index is 1.62. The van der Waals surface area contributed by atoms with E-state index in [1.165, 1.54) is 11.3 Å². The highest BCUT2D eigenvalue weighted by Crippen LogP contribution is 2.26. The maximum Gasteiger partial charge on any atom is 0.281 e. The molecule has 8 heteroatoms. The number of para-hydroxylation sites is 1. The van der Waals surface area contributed by atoms with Gasteiger partial charge in [-0.05, 0) is 43.3 Å². The van der Waals surface area contributed by atoms with Gasteiger partial charge in [-0.15, -0.1) is 11.3 Å². The number of hydrogen-bond donors (Lipinski definition) is 1. The Morgan fingerprint density at radius 2 is 1.93 bits per heavy atom. The van der Waals surface area contributed by atoms with E-state index in [0.29, 0.717) is 22.6 Å². The molecular weight excluding hydrogens is 388 g/mol. The number of thiazole rings is 1. The summed E-state index contributed by atoms with van der Waals surface area (Å²) >= 11 is 1.29. The van der Waals surface area contributed by atoms with Crippen LogP contribution in [0.4, 0.5) is 5.13 Å². The van der Waals surface area contributed by atoms with Crippen molar-refractivity contribution < 1.29 is 9.53 Å². The molecule has 1 amide bonds. The number of aromatic nitrogens is 3. The first kappa shape index (κ1) is 18.8. The molecule has 4 aromatic rings. The van der Waals surface area contributed by atoms with Crippen LogP contribution in [-0.4, -0.2) is 27.8 Å². The molecule has 0 bridgehead atoms. The molecular formula is C21H18N4O3S. The van der Waals surface area contributed by atoms with Crippen molar-refractivity contribution in [2.75, 3.05) is 12.4 Å². The molecule has 0 aliphatic rings. The molecule has 0 saturated heterocycles. The summed E-state index contributed by atoms with van der Waals surface area (Å²) in [5.74, 6) is 0.186. The number of aryl methyl sites for hydroxylation is 1. The molecule has 2 aromatic heterocycles. The quantitative estimate of drug-likeness (QED) is 0.545. The van der Waals surface area contributed by atoms with Crippen LogP contribution in [0.5, 0.6) is 5.75 Å². The zero-order valence-electron chi connectivity index (χ0n) is 15.9. The molecule has 146 valence electrons. The summed E-state index contributed by atoms with van der Waals surface area (Å²) in [4.78, 5) is 29.9. The average Bonchev–Trinajstić information content (AvgIpc) is 3.22. The average molecular weight is 406 g/mol. The van der Waals surface area contributed by atoms with Crippen LogP contribution in [0.1, 0.15) is 17.4 Å². The molecule has 0 radical (unpaired) electrons. The first-order valence-corrected chi connectivity index (χ1v) is 9.90. The topological polar surface area (TPSA) is 86.1 Å². The molecule has 0 aliphatic carbocycles. The normalized spacial score (nSPS) is 10.8. The van der Waals surface area contributed by atoms with E-state index in [-0.39, 0.29) is 5.69 Å². The molecule has 0 aliphatic heterocycles. The smallest absolute Gasteiger partial charge is 0.281 e. The van der Waals surface area contributed by atoms with Gasteiger partial charge in [0.15, 0.2) is 10.8 Å². The lowest BCUT2D eigenvalue weighted by Gasteiger charge is -2.09.